The molecule has 0 spiro atoms. The minimum absolute atomic E-state index is 0.0487. The number of anilines is 1. The second kappa shape index (κ2) is 12.7. The van der Waals surface area contributed by atoms with Crippen molar-refractivity contribution in [2.24, 2.45) is 0 Å². The second-order valence-corrected chi connectivity index (χ2v) is 10.8. The molecule has 1 unspecified atom stereocenters. The van der Waals surface area contributed by atoms with E-state index in [2.05, 4.69) is 5.32 Å². The number of benzene rings is 3. The van der Waals surface area contributed by atoms with Crippen LogP contribution >= 0.6 is 11.6 Å². The Kier molecular flexibility index (Phi) is 9.72. The zero-order valence-electron chi connectivity index (χ0n) is 21.2. The van der Waals surface area contributed by atoms with Crippen molar-refractivity contribution >= 4 is 39.1 Å². The van der Waals surface area contributed by atoms with Crippen LogP contribution in [0.25, 0.3) is 0 Å². The summed E-state index contributed by atoms with van der Waals surface area (Å²) in [4.78, 5) is 28.4. The summed E-state index contributed by atoms with van der Waals surface area (Å²) in [5, 5.41) is 3.18. The highest BCUT2D eigenvalue weighted by atomic mass is 35.5. The first kappa shape index (κ1) is 28.2. The summed E-state index contributed by atoms with van der Waals surface area (Å²) in [5.41, 5.74) is 1.66. The van der Waals surface area contributed by atoms with Crippen molar-refractivity contribution in [1.82, 2.24) is 10.2 Å². The molecule has 0 aromatic heterocycles. The van der Waals surface area contributed by atoms with Crippen LogP contribution < -0.4 is 9.62 Å². The Morgan fingerprint density at radius 2 is 1.54 bits per heavy atom. The Morgan fingerprint density at radius 1 is 0.919 bits per heavy atom. The summed E-state index contributed by atoms with van der Waals surface area (Å²) in [5.74, 6) is -0.786. The Labute approximate surface area is 224 Å². The number of hydrogen-bond acceptors (Lipinski definition) is 4. The molecule has 0 saturated heterocycles. The van der Waals surface area contributed by atoms with E-state index in [1.54, 1.807) is 43.3 Å². The molecule has 0 heterocycles. The molecule has 0 aliphatic heterocycles. The predicted octanol–water partition coefficient (Wildman–Crippen LogP) is 4.79. The molecular formula is C28H32ClN3O4S. The molecule has 3 rings (SSSR count). The molecule has 0 aliphatic rings. The highest BCUT2D eigenvalue weighted by molar-refractivity contribution is 7.92. The topological polar surface area (TPSA) is 86.8 Å². The predicted molar refractivity (Wildman–Crippen MR) is 147 cm³/mol. The van der Waals surface area contributed by atoms with Crippen molar-refractivity contribution in [3.8, 4) is 0 Å². The van der Waals surface area contributed by atoms with E-state index >= 15 is 0 Å². The number of sulfonamides is 1. The Morgan fingerprint density at radius 3 is 2.14 bits per heavy atom. The number of carbonyl (C=O) groups is 2. The van der Waals surface area contributed by atoms with Crippen LogP contribution in [0.4, 0.5) is 5.69 Å². The first-order valence-electron chi connectivity index (χ1n) is 12.1. The molecule has 3 aromatic carbocycles. The first-order chi connectivity index (χ1) is 17.7. The third kappa shape index (κ3) is 6.70. The summed E-state index contributed by atoms with van der Waals surface area (Å²) < 4.78 is 28.7. The normalized spacial score (nSPS) is 12.0. The van der Waals surface area contributed by atoms with Gasteiger partial charge in [-0.25, -0.2) is 8.42 Å². The van der Waals surface area contributed by atoms with Crippen molar-refractivity contribution in [3.05, 3.63) is 95.0 Å². The lowest BCUT2D eigenvalue weighted by Gasteiger charge is -2.33. The zero-order chi connectivity index (χ0) is 27.0. The quantitative estimate of drug-likeness (QED) is 0.378. The maximum absolute atomic E-state index is 13.9. The molecule has 0 radical (unpaired) electrons. The fourth-order valence-corrected chi connectivity index (χ4v) is 5.75. The van der Waals surface area contributed by atoms with Gasteiger partial charge in [0.25, 0.3) is 10.0 Å². The smallest absolute Gasteiger partial charge is 0.264 e. The number of rotatable bonds is 11. The molecule has 1 atom stereocenters. The second-order valence-electron chi connectivity index (χ2n) is 8.53. The van der Waals surface area contributed by atoms with Crippen molar-refractivity contribution in [1.29, 1.82) is 0 Å². The van der Waals surface area contributed by atoms with Crippen LogP contribution in [0.5, 0.6) is 0 Å². The molecule has 9 heteroatoms. The minimum atomic E-state index is -4.13. The van der Waals surface area contributed by atoms with Gasteiger partial charge >= 0.3 is 0 Å². The first-order valence-corrected chi connectivity index (χ1v) is 14.0. The van der Waals surface area contributed by atoms with Crippen LogP contribution in [-0.2, 0) is 26.2 Å². The molecule has 0 fully saturated rings. The molecule has 7 nitrogen and oxygen atoms in total. The molecule has 1 N–H and O–H groups in total. The number of amides is 2. The van der Waals surface area contributed by atoms with Gasteiger partial charge in [-0.15, -0.1) is 0 Å². The fraction of sp³-hybridized carbons (Fsp3) is 0.286. The maximum atomic E-state index is 13.9. The van der Waals surface area contributed by atoms with E-state index in [0.717, 1.165) is 9.87 Å². The zero-order valence-corrected chi connectivity index (χ0v) is 22.8. The van der Waals surface area contributed by atoms with Crippen molar-refractivity contribution in [2.45, 2.75) is 44.7 Å². The Bertz CT molecular complexity index is 1320. The van der Waals surface area contributed by atoms with Crippen LogP contribution in [0.3, 0.4) is 0 Å². The maximum Gasteiger partial charge on any atom is 0.264 e. The van der Waals surface area contributed by atoms with Crippen LogP contribution in [0.1, 0.15) is 31.4 Å². The van der Waals surface area contributed by atoms with E-state index in [9.17, 15) is 18.0 Å². The summed E-state index contributed by atoms with van der Waals surface area (Å²) >= 11 is 6.34. The van der Waals surface area contributed by atoms with E-state index in [4.69, 9.17) is 11.6 Å². The van der Waals surface area contributed by atoms with E-state index in [0.29, 0.717) is 29.2 Å². The van der Waals surface area contributed by atoms with Gasteiger partial charge in [0.15, 0.2) is 0 Å². The lowest BCUT2D eigenvalue weighted by atomic mass is 10.1. The minimum Gasteiger partial charge on any atom is -0.355 e. The van der Waals surface area contributed by atoms with Gasteiger partial charge in [-0.1, -0.05) is 73.1 Å². The van der Waals surface area contributed by atoms with Gasteiger partial charge in [0.05, 0.1) is 10.6 Å². The number of likely N-dealkylation sites (N-methyl/N-ethyl adjacent to an activating group) is 1. The monoisotopic (exact) mass is 541 g/mol. The molecule has 37 heavy (non-hydrogen) atoms. The number of nitrogens with one attached hydrogen (secondary N) is 1. The average molecular weight is 542 g/mol. The van der Waals surface area contributed by atoms with Crippen LogP contribution in [0, 0.1) is 6.92 Å². The van der Waals surface area contributed by atoms with E-state index < -0.39 is 28.5 Å². The number of carbonyl (C=O) groups excluding carboxylic acids is 2. The van der Waals surface area contributed by atoms with Gasteiger partial charge in [0, 0.05) is 18.1 Å². The molecular weight excluding hydrogens is 510 g/mol. The Balaban J connectivity index is 2.08. The van der Waals surface area contributed by atoms with Gasteiger partial charge in [-0.05, 0) is 55.7 Å². The van der Waals surface area contributed by atoms with Gasteiger partial charge in [0.1, 0.15) is 12.6 Å². The summed E-state index contributed by atoms with van der Waals surface area (Å²) in [6.45, 7) is 5.42. The lowest BCUT2D eigenvalue weighted by Crippen LogP contribution is -2.52. The molecule has 2 amide bonds. The molecule has 196 valence electrons. The highest BCUT2D eigenvalue weighted by Gasteiger charge is 2.34. The van der Waals surface area contributed by atoms with Crippen LogP contribution in [0.2, 0.25) is 5.02 Å². The number of halogens is 1. The van der Waals surface area contributed by atoms with Gasteiger partial charge < -0.3 is 10.2 Å². The van der Waals surface area contributed by atoms with Crippen LogP contribution in [0.15, 0.2) is 83.8 Å². The Hall–Kier alpha value is -3.36. The van der Waals surface area contributed by atoms with Crippen molar-refractivity contribution < 1.29 is 18.0 Å². The van der Waals surface area contributed by atoms with Crippen molar-refractivity contribution in [3.63, 3.8) is 0 Å². The van der Waals surface area contributed by atoms with E-state index in [-0.39, 0.29) is 17.3 Å². The summed E-state index contributed by atoms with van der Waals surface area (Å²) in [6, 6.07) is 21.4. The van der Waals surface area contributed by atoms with Gasteiger partial charge in [0.2, 0.25) is 11.8 Å². The lowest BCUT2D eigenvalue weighted by molar-refractivity contribution is -0.140. The molecule has 0 aliphatic carbocycles. The molecule has 3 aromatic rings. The van der Waals surface area contributed by atoms with E-state index in [1.165, 1.54) is 17.0 Å². The SMILES string of the molecule is CCNC(=O)C(CC)N(Cc1ccccc1)C(=O)CN(c1cccc(Cl)c1C)S(=O)(=O)c1ccccc1. The average Bonchev–Trinajstić information content (AvgIpc) is 2.90. The third-order valence-electron chi connectivity index (χ3n) is 6.05. The number of hydrogen-bond donors (Lipinski definition) is 1. The highest BCUT2D eigenvalue weighted by Crippen LogP contribution is 2.31. The largest absolute Gasteiger partial charge is 0.355 e. The summed E-state index contributed by atoms with van der Waals surface area (Å²) in [7, 11) is -4.13. The standard InChI is InChI=1S/C28H32ClN3O4S/c1-4-25(28(34)30-5-2)31(19-22-13-8-6-9-14-22)27(33)20-32(26-18-12-17-24(29)21(26)3)37(35,36)23-15-10-7-11-16-23/h6-18,25H,4-5,19-20H2,1-3H3,(H,30,34). The summed E-state index contributed by atoms with van der Waals surface area (Å²) in [6.07, 6.45) is 0.367. The number of nitrogens with zero attached hydrogens (tertiary/aromatic N) is 2. The van der Waals surface area contributed by atoms with Gasteiger partial charge in [-0.2, -0.15) is 0 Å². The van der Waals surface area contributed by atoms with Crippen LogP contribution in [-0.4, -0.2) is 44.3 Å². The van der Waals surface area contributed by atoms with Gasteiger partial charge in [-0.3, -0.25) is 13.9 Å². The fourth-order valence-electron chi connectivity index (χ4n) is 4.09. The van der Waals surface area contributed by atoms with Crippen molar-refractivity contribution in [2.75, 3.05) is 17.4 Å². The third-order valence-corrected chi connectivity index (χ3v) is 8.23. The van der Waals surface area contributed by atoms with E-state index in [1.807, 2.05) is 44.2 Å². The molecule has 0 bridgehead atoms. The molecule has 0 saturated carbocycles.